The smallest absolute Gasteiger partial charge is 0.289 e. The number of furan rings is 1. The molecule has 20 heavy (non-hydrogen) atoms. The Kier molecular flexibility index (Phi) is 4.13. The number of carbonyl (C=O) groups excluding carboxylic acids is 2. The van der Waals surface area contributed by atoms with Gasteiger partial charge < -0.3 is 19.7 Å². The Labute approximate surface area is 117 Å². The number of carbonyl (C=O) groups is 2. The molecule has 110 valence electrons. The van der Waals surface area contributed by atoms with Gasteiger partial charge >= 0.3 is 0 Å². The van der Waals surface area contributed by atoms with Crippen LogP contribution in [-0.4, -0.2) is 47.6 Å². The average molecular weight is 280 g/mol. The van der Waals surface area contributed by atoms with E-state index in [2.05, 4.69) is 5.32 Å². The number of nitrogens with zero attached hydrogens (tertiary/aromatic N) is 1. The van der Waals surface area contributed by atoms with Crippen LogP contribution in [0, 0.1) is 6.92 Å². The Morgan fingerprint density at radius 2 is 2.30 bits per heavy atom. The summed E-state index contributed by atoms with van der Waals surface area (Å²) in [5.74, 6) is -0.160. The summed E-state index contributed by atoms with van der Waals surface area (Å²) in [6.07, 6.45) is 2.66. The molecule has 1 atom stereocenters. The highest BCUT2D eigenvalue weighted by Crippen LogP contribution is 2.26. The second-order valence-electron chi connectivity index (χ2n) is 5.34. The molecule has 6 nitrogen and oxygen atoms in total. The Morgan fingerprint density at radius 1 is 1.55 bits per heavy atom. The predicted molar refractivity (Wildman–Crippen MR) is 72.2 cm³/mol. The number of piperidine rings is 1. The van der Waals surface area contributed by atoms with Crippen LogP contribution in [-0.2, 0) is 4.79 Å². The number of hydrogen-bond acceptors (Lipinski definition) is 4. The van der Waals surface area contributed by atoms with Crippen LogP contribution in [0.25, 0.3) is 0 Å². The fourth-order valence-electron chi connectivity index (χ4n) is 2.55. The zero-order valence-electron chi connectivity index (χ0n) is 11.8. The molecule has 0 aliphatic carbocycles. The van der Waals surface area contributed by atoms with Crippen LogP contribution in [0.3, 0.4) is 0 Å². The first-order valence-electron chi connectivity index (χ1n) is 6.71. The molecule has 2 rings (SSSR count). The fourth-order valence-corrected chi connectivity index (χ4v) is 2.55. The summed E-state index contributed by atoms with van der Waals surface area (Å²) in [6.45, 7) is 2.52. The third-order valence-electron chi connectivity index (χ3n) is 3.67. The minimum atomic E-state index is -1.16. The number of aryl methyl sites for hydroxylation is 1. The van der Waals surface area contributed by atoms with Crippen molar-refractivity contribution in [3.05, 3.63) is 23.7 Å². The van der Waals surface area contributed by atoms with E-state index < -0.39 is 5.60 Å². The fraction of sp³-hybridized carbons (Fsp3) is 0.571. The molecule has 6 heteroatoms. The van der Waals surface area contributed by atoms with E-state index in [0.717, 1.165) is 5.56 Å². The van der Waals surface area contributed by atoms with Crippen molar-refractivity contribution in [2.45, 2.75) is 31.8 Å². The normalized spacial score (nSPS) is 22.6. The summed E-state index contributed by atoms with van der Waals surface area (Å²) >= 11 is 0. The maximum atomic E-state index is 12.3. The molecule has 2 N–H and O–H groups in total. The number of aliphatic hydroxyl groups is 1. The van der Waals surface area contributed by atoms with Gasteiger partial charge in [0, 0.05) is 19.2 Å². The van der Waals surface area contributed by atoms with Gasteiger partial charge in [-0.25, -0.2) is 0 Å². The Bertz CT molecular complexity index is 511. The lowest BCUT2D eigenvalue weighted by atomic mass is 9.89. The molecule has 2 amide bonds. The summed E-state index contributed by atoms with van der Waals surface area (Å²) in [4.78, 5) is 25.4. The second-order valence-corrected chi connectivity index (χ2v) is 5.34. The van der Waals surface area contributed by atoms with Crippen molar-refractivity contribution >= 4 is 11.8 Å². The highest BCUT2D eigenvalue weighted by Gasteiger charge is 2.37. The molecule has 1 fully saturated rings. The number of β-amino-alcohol motifs (C(OH)–C–C–N with tert-alkyl or cyclic N) is 1. The first-order valence-corrected chi connectivity index (χ1v) is 6.71. The van der Waals surface area contributed by atoms with Gasteiger partial charge in [0.2, 0.25) is 5.91 Å². The lowest BCUT2D eigenvalue weighted by Gasteiger charge is -2.38. The summed E-state index contributed by atoms with van der Waals surface area (Å²) in [7, 11) is 1.53. The molecular formula is C14H20N2O4. The lowest BCUT2D eigenvalue weighted by Crippen LogP contribution is -2.52. The van der Waals surface area contributed by atoms with E-state index in [9.17, 15) is 14.7 Å². The van der Waals surface area contributed by atoms with Gasteiger partial charge in [-0.15, -0.1) is 0 Å². The summed E-state index contributed by atoms with van der Waals surface area (Å²) in [6, 6.07) is 1.73. The third-order valence-corrected chi connectivity index (χ3v) is 3.67. The van der Waals surface area contributed by atoms with Crippen molar-refractivity contribution in [3.63, 3.8) is 0 Å². The molecule has 0 radical (unpaired) electrons. The topological polar surface area (TPSA) is 82.8 Å². The summed E-state index contributed by atoms with van der Waals surface area (Å²) < 4.78 is 5.20. The van der Waals surface area contributed by atoms with Gasteiger partial charge in [-0.1, -0.05) is 0 Å². The van der Waals surface area contributed by atoms with Crippen molar-refractivity contribution in [2.24, 2.45) is 0 Å². The first-order chi connectivity index (χ1) is 9.45. The Hall–Kier alpha value is -1.82. The molecular weight excluding hydrogens is 260 g/mol. The third kappa shape index (κ3) is 3.01. The van der Waals surface area contributed by atoms with Crippen LogP contribution >= 0.6 is 0 Å². The standard InChI is InChI=1S/C14H20N2O4/c1-10-4-7-20-12(10)13(18)16-6-3-5-14(19,9-16)8-11(17)15-2/h4,7,19H,3,5-6,8-9H2,1-2H3,(H,15,17). The molecule has 1 aliphatic heterocycles. The molecule has 1 saturated heterocycles. The van der Waals surface area contributed by atoms with E-state index >= 15 is 0 Å². The van der Waals surface area contributed by atoms with Gasteiger partial charge in [0.25, 0.3) is 5.91 Å². The number of nitrogens with one attached hydrogen (secondary N) is 1. The van der Waals surface area contributed by atoms with Crippen molar-refractivity contribution in [1.29, 1.82) is 0 Å². The van der Waals surface area contributed by atoms with E-state index in [4.69, 9.17) is 4.42 Å². The van der Waals surface area contributed by atoms with Gasteiger partial charge in [0.05, 0.1) is 24.8 Å². The zero-order chi connectivity index (χ0) is 14.8. The van der Waals surface area contributed by atoms with Crippen LogP contribution in [0.5, 0.6) is 0 Å². The molecule has 0 bridgehead atoms. The van der Waals surface area contributed by atoms with Crippen LogP contribution in [0.1, 0.15) is 35.4 Å². The largest absolute Gasteiger partial charge is 0.459 e. The van der Waals surface area contributed by atoms with E-state index in [1.54, 1.807) is 17.9 Å². The van der Waals surface area contributed by atoms with E-state index in [1.165, 1.54) is 13.3 Å². The van der Waals surface area contributed by atoms with Crippen LogP contribution in [0.15, 0.2) is 16.7 Å². The van der Waals surface area contributed by atoms with Gasteiger partial charge in [0.1, 0.15) is 0 Å². The molecule has 1 aromatic rings. The quantitative estimate of drug-likeness (QED) is 0.853. The predicted octanol–water partition coefficient (Wildman–Crippen LogP) is 0.691. The average Bonchev–Trinajstić information content (AvgIpc) is 2.83. The van der Waals surface area contributed by atoms with E-state index in [1.807, 2.05) is 0 Å². The molecule has 2 heterocycles. The van der Waals surface area contributed by atoms with Crippen molar-refractivity contribution in [3.8, 4) is 0 Å². The first kappa shape index (κ1) is 14.6. The highest BCUT2D eigenvalue weighted by atomic mass is 16.3. The maximum absolute atomic E-state index is 12.3. The zero-order valence-corrected chi connectivity index (χ0v) is 11.8. The SMILES string of the molecule is CNC(=O)CC1(O)CCCN(C(=O)c2occc2C)C1. The van der Waals surface area contributed by atoms with Gasteiger partial charge in [-0.2, -0.15) is 0 Å². The molecule has 1 unspecified atom stereocenters. The number of hydrogen-bond donors (Lipinski definition) is 2. The molecule has 0 aromatic carbocycles. The molecule has 0 saturated carbocycles. The van der Waals surface area contributed by atoms with Crippen molar-refractivity contribution in [2.75, 3.05) is 20.1 Å². The van der Waals surface area contributed by atoms with Crippen molar-refractivity contribution < 1.29 is 19.1 Å². The molecule has 1 aromatic heterocycles. The minimum absolute atomic E-state index is 0.00438. The number of amides is 2. The number of likely N-dealkylation sites (tertiary alicyclic amines) is 1. The Balaban J connectivity index is 2.09. The van der Waals surface area contributed by atoms with Gasteiger partial charge in [0.15, 0.2) is 5.76 Å². The van der Waals surface area contributed by atoms with Crippen molar-refractivity contribution in [1.82, 2.24) is 10.2 Å². The number of rotatable bonds is 3. The summed E-state index contributed by atoms with van der Waals surface area (Å²) in [5.41, 5.74) is -0.385. The van der Waals surface area contributed by atoms with E-state index in [-0.39, 0.29) is 24.8 Å². The molecule has 1 aliphatic rings. The second kappa shape index (κ2) is 5.66. The van der Waals surface area contributed by atoms with Crippen LogP contribution < -0.4 is 5.32 Å². The minimum Gasteiger partial charge on any atom is -0.459 e. The highest BCUT2D eigenvalue weighted by molar-refractivity contribution is 5.93. The van der Waals surface area contributed by atoms with Gasteiger partial charge in [-0.3, -0.25) is 9.59 Å². The molecule has 0 spiro atoms. The van der Waals surface area contributed by atoms with Crippen LogP contribution in [0.2, 0.25) is 0 Å². The maximum Gasteiger partial charge on any atom is 0.289 e. The van der Waals surface area contributed by atoms with Gasteiger partial charge in [-0.05, 0) is 25.8 Å². The monoisotopic (exact) mass is 280 g/mol. The Morgan fingerprint density at radius 3 is 2.90 bits per heavy atom. The summed E-state index contributed by atoms with van der Waals surface area (Å²) in [5, 5.41) is 13.0. The van der Waals surface area contributed by atoms with Crippen LogP contribution in [0.4, 0.5) is 0 Å². The lowest BCUT2D eigenvalue weighted by molar-refractivity contribution is -0.127. The van der Waals surface area contributed by atoms with E-state index in [0.29, 0.717) is 25.1 Å².